The van der Waals surface area contributed by atoms with Crippen molar-refractivity contribution in [2.75, 3.05) is 7.11 Å². The molecule has 6 heteroatoms. The van der Waals surface area contributed by atoms with E-state index in [1.165, 1.54) is 19.4 Å². The fraction of sp³-hybridized carbons (Fsp3) is 0.111. The van der Waals surface area contributed by atoms with Gasteiger partial charge in [-0.05, 0) is 41.5 Å². The van der Waals surface area contributed by atoms with E-state index in [1.54, 1.807) is 18.2 Å². The van der Waals surface area contributed by atoms with Gasteiger partial charge in [0.2, 0.25) is 5.78 Å². The van der Waals surface area contributed by atoms with Crippen molar-refractivity contribution in [1.29, 1.82) is 0 Å². The van der Waals surface area contributed by atoms with Crippen molar-refractivity contribution in [3.8, 4) is 16.9 Å². The van der Waals surface area contributed by atoms with Gasteiger partial charge in [0.1, 0.15) is 11.4 Å². The SMILES string of the molecule is COc1ccc2c3c(nccc13)C(=O)c1cc(C(F)(F)F)ccc1-2. The second-order valence-corrected chi connectivity index (χ2v) is 5.48. The Labute approximate surface area is 134 Å². The molecule has 3 aromatic rings. The Morgan fingerprint density at radius 3 is 2.46 bits per heavy atom. The first-order valence-corrected chi connectivity index (χ1v) is 7.14. The van der Waals surface area contributed by atoms with Crippen LogP contribution >= 0.6 is 0 Å². The van der Waals surface area contributed by atoms with Crippen LogP contribution in [0.3, 0.4) is 0 Å². The fourth-order valence-electron chi connectivity index (χ4n) is 3.12. The molecule has 0 saturated carbocycles. The third-order valence-corrected chi connectivity index (χ3v) is 4.20. The average molecular weight is 329 g/mol. The molecule has 2 aromatic carbocycles. The Morgan fingerprint density at radius 1 is 1.00 bits per heavy atom. The Kier molecular flexibility index (Phi) is 2.94. The summed E-state index contributed by atoms with van der Waals surface area (Å²) in [5.74, 6) is 0.0722. The molecule has 0 radical (unpaired) electrons. The number of pyridine rings is 1. The van der Waals surface area contributed by atoms with Gasteiger partial charge in [0.15, 0.2) is 0 Å². The monoisotopic (exact) mass is 329 g/mol. The molecule has 0 N–H and O–H groups in total. The van der Waals surface area contributed by atoms with Gasteiger partial charge in [0, 0.05) is 22.5 Å². The quantitative estimate of drug-likeness (QED) is 0.517. The number of ether oxygens (including phenoxy) is 1. The predicted octanol–water partition coefficient (Wildman–Crippen LogP) is 4.47. The van der Waals surface area contributed by atoms with Gasteiger partial charge in [-0.3, -0.25) is 9.78 Å². The van der Waals surface area contributed by atoms with E-state index in [1.807, 2.05) is 0 Å². The number of alkyl halides is 3. The van der Waals surface area contributed by atoms with Gasteiger partial charge in [0.25, 0.3) is 0 Å². The summed E-state index contributed by atoms with van der Waals surface area (Å²) in [7, 11) is 1.52. The molecule has 1 aromatic heterocycles. The second kappa shape index (κ2) is 4.80. The van der Waals surface area contributed by atoms with Crippen LogP contribution < -0.4 is 4.74 Å². The molecule has 0 aliphatic heterocycles. The van der Waals surface area contributed by atoms with E-state index in [-0.39, 0.29) is 11.3 Å². The number of nitrogens with zero attached hydrogens (tertiary/aromatic N) is 1. The van der Waals surface area contributed by atoms with E-state index in [2.05, 4.69) is 4.98 Å². The smallest absolute Gasteiger partial charge is 0.416 e. The molecule has 3 nitrogen and oxygen atoms in total. The highest BCUT2D eigenvalue weighted by molar-refractivity contribution is 6.25. The summed E-state index contributed by atoms with van der Waals surface area (Å²) in [6.45, 7) is 0. The number of carbonyl (C=O) groups is 1. The van der Waals surface area contributed by atoms with Crippen molar-refractivity contribution in [1.82, 2.24) is 4.98 Å². The van der Waals surface area contributed by atoms with Gasteiger partial charge in [-0.15, -0.1) is 0 Å². The van der Waals surface area contributed by atoms with Gasteiger partial charge in [-0.2, -0.15) is 13.2 Å². The molecule has 1 aliphatic carbocycles. The summed E-state index contributed by atoms with van der Waals surface area (Å²) in [6.07, 6.45) is -3.05. The number of rotatable bonds is 1. The Balaban J connectivity index is 2.09. The van der Waals surface area contributed by atoms with E-state index < -0.39 is 17.5 Å². The summed E-state index contributed by atoms with van der Waals surface area (Å²) in [4.78, 5) is 16.8. The summed E-state index contributed by atoms with van der Waals surface area (Å²) in [6, 6.07) is 8.43. The number of fused-ring (bicyclic) bond motifs is 2. The van der Waals surface area contributed by atoms with Crippen molar-refractivity contribution in [2.45, 2.75) is 6.18 Å². The van der Waals surface area contributed by atoms with Gasteiger partial charge in [-0.25, -0.2) is 0 Å². The molecule has 0 bridgehead atoms. The van der Waals surface area contributed by atoms with Crippen LogP contribution in [0.5, 0.6) is 5.75 Å². The third-order valence-electron chi connectivity index (χ3n) is 4.20. The van der Waals surface area contributed by atoms with Crippen LogP contribution in [0.1, 0.15) is 21.6 Å². The molecule has 1 aliphatic rings. The summed E-state index contributed by atoms with van der Waals surface area (Å²) in [5, 5.41) is 1.31. The van der Waals surface area contributed by atoms with Gasteiger partial charge < -0.3 is 4.74 Å². The lowest BCUT2D eigenvalue weighted by Crippen LogP contribution is -2.14. The number of hydrogen-bond donors (Lipinski definition) is 0. The van der Waals surface area contributed by atoms with E-state index in [4.69, 9.17) is 4.74 Å². The maximum Gasteiger partial charge on any atom is 0.416 e. The van der Waals surface area contributed by atoms with Crippen LogP contribution in [0.4, 0.5) is 13.2 Å². The standard InChI is InChI=1S/C18H10F3NO2/c1-24-14-5-4-11-10-3-2-9(18(19,20)21)8-13(10)17(23)16-15(11)12(14)6-7-22-16/h2-8H,1H3. The molecule has 0 spiro atoms. The van der Waals surface area contributed by atoms with Crippen molar-refractivity contribution in [2.24, 2.45) is 0 Å². The van der Waals surface area contributed by atoms with E-state index >= 15 is 0 Å². The van der Waals surface area contributed by atoms with Crippen molar-refractivity contribution in [3.05, 3.63) is 59.4 Å². The first kappa shape index (κ1) is 14.7. The third kappa shape index (κ3) is 1.92. The number of ketones is 1. The number of halogens is 3. The minimum atomic E-state index is -4.51. The lowest BCUT2D eigenvalue weighted by molar-refractivity contribution is -0.137. The molecule has 0 unspecified atom stereocenters. The zero-order chi connectivity index (χ0) is 17.1. The summed E-state index contributed by atoms with van der Waals surface area (Å²) in [5.41, 5.74) is 0.466. The van der Waals surface area contributed by atoms with Crippen LogP contribution in [-0.2, 0) is 6.18 Å². The fourth-order valence-corrected chi connectivity index (χ4v) is 3.12. The van der Waals surface area contributed by atoms with Crippen LogP contribution in [0.2, 0.25) is 0 Å². The van der Waals surface area contributed by atoms with E-state index in [0.29, 0.717) is 27.6 Å². The van der Waals surface area contributed by atoms with E-state index in [0.717, 1.165) is 12.1 Å². The zero-order valence-corrected chi connectivity index (χ0v) is 12.4. The number of hydrogen-bond acceptors (Lipinski definition) is 3. The van der Waals surface area contributed by atoms with Crippen molar-refractivity contribution < 1.29 is 22.7 Å². The van der Waals surface area contributed by atoms with Crippen molar-refractivity contribution >= 4 is 16.6 Å². The van der Waals surface area contributed by atoms with Gasteiger partial charge in [0.05, 0.1) is 12.7 Å². The first-order valence-electron chi connectivity index (χ1n) is 7.14. The maximum atomic E-state index is 13.0. The normalized spacial score (nSPS) is 13.1. The minimum Gasteiger partial charge on any atom is -0.496 e. The summed E-state index contributed by atoms with van der Waals surface area (Å²) >= 11 is 0. The van der Waals surface area contributed by atoms with Crippen LogP contribution in [0, 0.1) is 0 Å². The second-order valence-electron chi connectivity index (χ2n) is 5.48. The molecule has 0 atom stereocenters. The highest BCUT2D eigenvalue weighted by Gasteiger charge is 2.34. The molecule has 4 rings (SSSR count). The highest BCUT2D eigenvalue weighted by Crippen LogP contribution is 2.43. The number of methoxy groups -OCH3 is 1. The Morgan fingerprint density at radius 2 is 1.75 bits per heavy atom. The summed E-state index contributed by atoms with van der Waals surface area (Å²) < 4.78 is 44.2. The Bertz CT molecular complexity index is 1010. The number of carbonyl (C=O) groups excluding carboxylic acids is 1. The molecule has 0 amide bonds. The predicted molar refractivity (Wildman–Crippen MR) is 82.2 cm³/mol. The number of benzene rings is 2. The molecule has 0 saturated heterocycles. The average Bonchev–Trinajstić information content (AvgIpc) is 2.57. The molecular weight excluding hydrogens is 319 g/mol. The molecule has 24 heavy (non-hydrogen) atoms. The number of aromatic nitrogens is 1. The largest absolute Gasteiger partial charge is 0.496 e. The topological polar surface area (TPSA) is 39.2 Å². The molecule has 1 heterocycles. The molecule has 120 valence electrons. The van der Waals surface area contributed by atoms with Crippen molar-refractivity contribution in [3.63, 3.8) is 0 Å². The van der Waals surface area contributed by atoms with Gasteiger partial charge in [-0.1, -0.05) is 6.07 Å². The van der Waals surface area contributed by atoms with Crippen LogP contribution in [0.15, 0.2) is 42.6 Å². The lowest BCUT2D eigenvalue weighted by atomic mass is 9.84. The molecule has 0 fully saturated rings. The zero-order valence-electron chi connectivity index (χ0n) is 12.4. The highest BCUT2D eigenvalue weighted by atomic mass is 19.4. The Hall–Kier alpha value is -2.89. The van der Waals surface area contributed by atoms with Gasteiger partial charge >= 0.3 is 6.18 Å². The maximum absolute atomic E-state index is 13.0. The van der Waals surface area contributed by atoms with E-state index in [9.17, 15) is 18.0 Å². The first-order chi connectivity index (χ1) is 11.4. The molecular formula is C18H10F3NO2. The minimum absolute atomic E-state index is 0.0162. The lowest BCUT2D eigenvalue weighted by Gasteiger charge is -2.21. The van der Waals surface area contributed by atoms with Crippen LogP contribution in [0.25, 0.3) is 21.9 Å². The van der Waals surface area contributed by atoms with Crippen LogP contribution in [-0.4, -0.2) is 17.9 Å².